The molecule has 3 rings (SSSR count). The lowest BCUT2D eigenvalue weighted by atomic mass is 10.2. The summed E-state index contributed by atoms with van der Waals surface area (Å²) in [6.07, 6.45) is 1.23. The van der Waals surface area contributed by atoms with Crippen LogP contribution in [0.15, 0.2) is 34.3 Å². The molecule has 0 spiro atoms. The van der Waals surface area contributed by atoms with E-state index in [0.717, 1.165) is 11.3 Å². The number of aromatic nitrogens is 2. The summed E-state index contributed by atoms with van der Waals surface area (Å²) in [4.78, 5) is 30.1. The van der Waals surface area contributed by atoms with Crippen molar-refractivity contribution in [1.29, 1.82) is 0 Å². The molecule has 0 bridgehead atoms. The molecular weight excluding hydrogens is 320 g/mol. The molecule has 0 aliphatic carbocycles. The van der Waals surface area contributed by atoms with Gasteiger partial charge in [0.1, 0.15) is 5.56 Å². The van der Waals surface area contributed by atoms with Crippen LogP contribution >= 0.6 is 11.8 Å². The van der Waals surface area contributed by atoms with Crippen molar-refractivity contribution in [3.8, 4) is 11.5 Å². The van der Waals surface area contributed by atoms with Gasteiger partial charge in [-0.05, 0) is 24.6 Å². The fourth-order valence-electron chi connectivity index (χ4n) is 1.99. The van der Waals surface area contributed by atoms with Crippen molar-refractivity contribution in [1.82, 2.24) is 9.97 Å². The molecule has 8 heteroatoms. The molecule has 0 unspecified atom stereocenters. The Morgan fingerprint density at radius 2 is 2.22 bits per heavy atom. The molecule has 0 atom stereocenters. The fourth-order valence-corrected chi connectivity index (χ4v) is 2.76. The van der Waals surface area contributed by atoms with Gasteiger partial charge in [-0.3, -0.25) is 4.79 Å². The van der Waals surface area contributed by atoms with Gasteiger partial charge in [0.25, 0.3) is 5.56 Å². The standard InChI is InChI=1S/C15H14N2O5S/c1-2-20-14(19)10-6-16-15(17-13(10)18)23-7-9-3-4-11-12(5-9)22-8-21-11/h3-6H,2,7-8H2,1H3,(H,16,17,18). The predicted molar refractivity (Wildman–Crippen MR) is 82.9 cm³/mol. The lowest BCUT2D eigenvalue weighted by Crippen LogP contribution is -2.20. The molecule has 1 aliphatic heterocycles. The van der Waals surface area contributed by atoms with E-state index >= 15 is 0 Å². The van der Waals surface area contributed by atoms with Crippen molar-refractivity contribution in [3.05, 3.63) is 45.9 Å². The van der Waals surface area contributed by atoms with E-state index in [1.165, 1.54) is 18.0 Å². The van der Waals surface area contributed by atoms with E-state index < -0.39 is 11.5 Å². The number of nitrogens with zero attached hydrogens (tertiary/aromatic N) is 1. The van der Waals surface area contributed by atoms with Crippen LogP contribution in [0.3, 0.4) is 0 Å². The van der Waals surface area contributed by atoms with E-state index in [1.54, 1.807) is 6.92 Å². The summed E-state index contributed by atoms with van der Waals surface area (Å²) in [5.74, 6) is 1.36. The third-order valence-corrected chi connectivity index (χ3v) is 4.04. The Labute approximate surface area is 136 Å². The summed E-state index contributed by atoms with van der Waals surface area (Å²) < 4.78 is 15.4. The highest BCUT2D eigenvalue weighted by Gasteiger charge is 2.15. The smallest absolute Gasteiger partial charge is 0.345 e. The first-order valence-corrected chi connectivity index (χ1v) is 7.93. The number of aromatic amines is 1. The number of carbonyl (C=O) groups excluding carboxylic acids is 1. The summed E-state index contributed by atoms with van der Waals surface area (Å²) in [6.45, 7) is 2.12. The molecule has 1 aromatic heterocycles. The van der Waals surface area contributed by atoms with Crippen molar-refractivity contribution in [2.45, 2.75) is 17.8 Å². The van der Waals surface area contributed by atoms with Crippen molar-refractivity contribution in [2.24, 2.45) is 0 Å². The van der Waals surface area contributed by atoms with Crippen molar-refractivity contribution < 1.29 is 19.0 Å². The SMILES string of the molecule is CCOC(=O)c1cnc(SCc2ccc3c(c2)OCO3)[nH]c1=O. The van der Waals surface area contributed by atoms with Crippen LogP contribution in [0.4, 0.5) is 0 Å². The van der Waals surface area contributed by atoms with Gasteiger partial charge in [0.15, 0.2) is 16.7 Å². The fraction of sp³-hybridized carbons (Fsp3) is 0.267. The van der Waals surface area contributed by atoms with Crippen LogP contribution in [0.2, 0.25) is 0 Å². The van der Waals surface area contributed by atoms with Gasteiger partial charge in [-0.2, -0.15) is 0 Å². The Bertz CT molecular complexity index is 790. The highest BCUT2D eigenvalue weighted by atomic mass is 32.2. The summed E-state index contributed by atoms with van der Waals surface area (Å²) in [7, 11) is 0. The normalized spacial score (nSPS) is 12.2. The first-order valence-electron chi connectivity index (χ1n) is 6.95. The van der Waals surface area contributed by atoms with E-state index in [2.05, 4.69) is 9.97 Å². The Morgan fingerprint density at radius 1 is 1.39 bits per heavy atom. The zero-order chi connectivity index (χ0) is 16.2. The van der Waals surface area contributed by atoms with Crippen LogP contribution in [-0.4, -0.2) is 29.3 Å². The second-order valence-corrected chi connectivity index (χ2v) is 5.59. The van der Waals surface area contributed by atoms with Gasteiger partial charge < -0.3 is 19.2 Å². The molecule has 0 amide bonds. The minimum atomic E-state index is -0.673. The summed E-state index contributed by atoms with van der Waals surface area (Å²) >= 11 is 1.35. The minimum absolute atomic E-state index is 0.0979. The maximum absolute atomic E-state index is 11.9. The minimum Gasteiger partial charge on any atom is -0.462 e. The topological polar surface area (TPSA) is 90.5 Å². The average molecular weight is 334 g/mol. The number of H-pyrrole nitrogens is 1. The molecule has 1 N–H and O–H groups in total. The lowest BCUT2D eigenvalue weighted by molar-refractivity contribution is 0.0523. The molecule has 1 aromatic carbocycles. The molecule has 120 valence electrons. The number of thioether (sulfide) groups is 1. The molecule has 0 saturated carbocycles. The first kappa shape index (κ1) is 15.4. The summed E-state index contributed by atoms with van der Waals surface area (Å²) in [5, 5.41) is 0.431. The number of ether oxygens (including phenoxy) is 3. The second-order valence-electron chi connectivity index (χ2n) is 4.63. The van der Waals surface area contributed by atoms with Gasteiger partial charge in [-0.25, -0.2) is 9.78 Å². The highest BCUT2D eigenvalue weighted by molar-refractivity contribution is 7.98. The Morgan fingerprint density at radius 3 is 3.00 bits per heavy atom. The van der Waals surface area contributed by atoms with E-state index in [9.17, 15) is 9.59 Å². The molecule has 2 heterocycles. The molecule has 2 aromatic rings. The van der Waals surface area contributed by atoms with Crippen LogP contribution in [0.25, 0.3) is 0 Å². The lowest BCUT2D eigenvalue weighted by Gasteiger charge is -2.04. The number of hydrogen-bond donors (Lipinski definition) is 1. The molecule has 0 saturated heterocycles. The monoisotopic (exact) mass is 334 g/mol. The van der Waals surface area contributed by atoms with Gasteiger partial charge in [0, 0.05) is 11.9 Å². The molecule has 0 radical (unpaired) electrons. The number of hydrogen-bond acceptors (Lipinski definition) is 7. The van der Waals surface area contributed by atoms with Gasteiger partial charge in [0.2, 0.25) is 6.79 Å². The first-order chi connectivity index (χ1) is 11.2. The predicted octanol–water partition coefficient (Wildman–Crippen LogP) is 1.97. The number of fused-ring (bicyclic) bond motifs is 1. The molecular formula is C15H14N2O5S. The third-order valence-electron chi connectivity index (χ3n) is 3.08. The number of esters is 1. The van der Waals surface area contributed by atoms with Crippen LogP contribution in [-0.2, 0) is 10.5 Å². The zero-order valence-electron chi connectivity index (χ0n) is 12.3. The third kappa shape index (κ3) is 3.48. The highest BCUT2D eigenvalue weighted by Crippen LogP contribution is 2.33. The van der Waals surface area contributed by atoms with Gasteiger partial charge in [-0.1, -0.05) is 17.8 Å². The van der Waals surface area contributed by atoms with Crippen LogP contribution in [0, 0.1) is 0 Å². The Balaban J connectivity index is 1.68. The van der Waals surface area contributed by atoms with Crippen molar-refractivity contribution >= 4 is 17.7 Å². The van der Waals surface area contributed by atoms with Crippen LogP contribution in [0.5, 0.6) is 11.5 Å². The van der Waals surface area contributed by atoms with Crippen molar-refractivity contribution in [3.63, 3.8) is 0 Å². The number of nitrogens with one attached hydrogen (secondary N) is 1. The molecule has 0 fully saturated rings. The zero-order valence-corrected chi connectivity index (χ0v) is 13.1. The van der Waals surface area contributed by atoms with E-state index in [0.29, 0.717) is 16.7 Å². The Kier molecular flexibility index (Phi) is 4.52. The van der Waals surface area contributed by atoms with Gasteiger partial charge in [-0.15, -0.1) is 0 Å². The number of benzene rings is 1. The quantitative estimate of drug-likeness (QED) is 0.508. The Hall–Kier alpha value is -2.48. The summed E-state index contributed by atoms with van der Waals surface area (Å²) in [6, 6.07) is 5.66. The van der Waals surface area contributed by atoms with Crippen LogP contribution < -0.4 is 15.0 Å². The maximum Gasteiger partial charge on any atom is 0.345 e. The number of rotatable bonds is 5. The van der Waals surface area contributed by atoms with E-state index in [1.807, 2.05) is 18.2 Å². The molecule has 23 heavy (non-hydrogen) atoms. The largest absolute Gasteiger partial charge is 0.462 e. The number of carbonyl (C=O) groups is 1. The molecule has 1 aliphatic rings. The van der Waals surface area contributed by atoms with Crippen LogP contribution in [0.1, 0.15) is 22.8 Å². The van der Waals surface area contributed by atoms with E-state index in [-0.39, 0.29) is 19.0 Å². The van der Waals surface area contributed by atoms with Gasteiger partial charge in [0.05, 0.1) is 6.61 Å². The van der Waals surface area contributed by atoms with Crippen molar-refractivity contribution in [2.75, 3.05) is 13.4 Å². The van der Waals surface area contributed by atoms with Gasteiger partial charge >= 0.3 is 5.97 Å². The summed E-state index contributed by atoms with van der Waals surface area (Å²) in [5.41, 5.74) is 0.405. The second kappa shape index (κ2) is 6.74. The van der Waals surface area contributed by atoms with E-state index in [4.69, 9.17) is 14.2 Å². The maximum atomic E-state index is 11.9. The average Bonchev–Trinajstić information content (AvgIpc) is 3.00. The molecule has 7 nitrogen and oxygen atoms in total.